The molecule has 114 valence electrons. The molecule has 1 N–H and O–H groups in total. The van der Waals surface area contributed by atoms with Crippen LogP contribution >= 0.6 is 0 Å². The fraction of sp³-hybridized carbons (Fsp3) is 0.769. The van der Waals surface area contributed by atoms with Crippen molar-refractivity contribution >= 4 is 17.8 Å². The Morgan fingerprint density at radius 2 is 1.90 bits per heavy atom. The minimum absolute atomic E-state index is 0.138. The zero-order chi connectivity index (χ0) is 15.1. The molecule has 1 heterocycles. The summed E-state index contributed by atoms with van der Waals surface area (Å²) in [6, 6.07) is -0.859. The zero-order valence-corrected chi connectivity index (χ0v) is 12.0. The number of ether oxygens (including phenoxy) is 3. The molecule has 0 saturated carbocycles. The third kappa shape index (κ3) is 4.48. The van der Waals surface area contributed by atoms with Gasteiger partial charge >= 0.3 is 11.9 Å². The van der Waals surface area contributed by atoms with Gasteiger partial charge in [-0.15, -0.1) is 0 Å². The number of hydrogen-bond donors (Lipinski definition) is 1. The molecule has 1 amide bonds. The number of hydrogen-bond acceptors (Lipinski definition) is 6. The van der Waals surface area contributed by atoms with Crippen molar-refractivity contribution < 1.29 is 28.6 Å². The Kier molecular flexibility index (Phi) is 6.44. The van der Waals surface area contributed by atoms with Gasteiger partial charge in [-0.1, -0.05) is 6.92 Å². The molecule has 0 aromatic carbocycles. The van der Waals surface area contributed by atoms with Crippen molar-refractivity contribution in [2.45, 2.75) is 25.8 Å². The van der Waals surface area contributed by atoms with Crippen LogP contribution in [-0.4, -0.2) is 51.3 Å². The van der Waals surface area contributed by atoms with Crippen LogP contribution in [0.5, 0.6) is 0 Å². The smallest absolute Gasteiger partial charge is 0.328 e. The Labute approximate surface area is 117 Å². The molecule has 1 aliphatic rings. The average molecular weight is 287 g/mol. The molecule has 0 unspecified atom stereocenters. The molecule has 1 fully saturated rings. The summed E-state index contributed by atoms with van der Waals surface area (Å²) in [5.74, 6) is -2.03. The molecule has 3 atom stereocenters. The second-order valence-electron chi connectivity index (χ2n) is 4.80. The lowest BCUT2D eigenvalue weighted by Gasteiger charge is -2.20. The van der Waals surface area contributed by atoms with Gasteiger partial charge in [0.25, 0.3) is 0 Å². The van der Waals surface area contributed by atoms with Gasteiger partial charge in [-0.3, -0.25) is 9.59 Å². The predicted octanol–water partition coefficient (Wildman–Crippen LogP) is -0.120. The average Bonchev–Trinajstić information content (AvgIpc) is 2.98. The van der Waals surface area contributed by atoms with Gasteiger partial charge in [0.05, 0.1) is 32.7 Å². The van der Waals surface area contributed by atoms with Gasteiger partial charge in [0.1, 0.15) is 6.04 Å². The van der Waals surface area contributed by atoms with Crippen molar-refractivity contribution in [3.05, 3.63) is 0 Å². The molecule has 1 saturated heterocycles. The molecule has 1 rings (SSSR count). The highest BCUT2D eigenvalue weighted by Gasteiger charge is 2.31. The van der Waals surface area contributed by atoms with Crippen molar-refractivity contribution in [1.82, 2.24) is 5.32 Å². The van der Waals surface area contributed by atoms with E-state index in [0.717, 1.165) is 0 Å². The first kappa shape index (κ1) is 16.4. The third-order valence-corrected chi connectivity index (χ3v) is 3.30. The monoisotopic (exact) mass is 287 g/mol. The van der Waals surface area contributed by atoms with Crippen molar-refractivity contribution in [1.29, 1.82) is 0 Å². The summed E-state index contributed by atoms with van der Waals surface area (Å²) < 4.78 is 14.4. The van der Waals surface area contributed by atoms with E-state index in [2.05, 4.69) is 14.8 Å². The Hall–Kier alpha value is -1.63. The molecular formula is C13H21NO6. The molecule has 7 nitrogen and oxygen atoms in total. The second kappa shape index (κ2) is 7.84. The van der Waals surface area contributed by atoms with Gasteiger partial charge in [-0.25, -0.2) is 4.79 Å². The summed E-state index contributed by atoms with van der Waals surface area (Å²) in [5, 5.41) is 2.62. The van der Waals surface area contributed by atoms with E-state index in [1.54, 1.807) is 6.92 Å². The molecule has 20 heavy (non-hydrogen) atoms. The fourth-order valence-corrected chi connectivity index (χ4v) is 2.04. The maximum Gasteiger partial charge on any atom is 0.328 e. The minimum atomic E-state index is -0.859. The first-order chi connectivity index (χ1) is 9.49. The lowest BCUT2D eigenvalue weighted by molar-refractivity contribution is -0.149. The number of carbonyl (C=O) groups excluding carboxylic acids is 3. The highest BCUT2D eigenvalue weighted by atomic mass is 16.5. The summed E-state index contributed by atoms with van der Waals surface area (Å²) in [5.41, 5.74) is 0. The molecule has 0 spiro atoms. The lowest BCUT2D eigenvalue weighted by atomic mass is 10.0. The molecule has 0 aliphatic carbocycles. The van der Waals surface area contributed by atoms with Crippen LogP contribution in [-0.2, 0) is 28.6 Å². The van der Waals surface area contributed by atoms with Crippen molar-refractivity contribution in [3.8, 4) is 0 Å². The SMILES string of the molecule is COC(=O)[C@H](C)C[C@H](NC(=O)[C@@H]1CCOC1)C(=O)OC. The number of rotatable bonds is 6. The van der Waals surface area contributed by atoms with Crippen molar-refractivity contribution in [3.63, 3.8) is 0 Å². The molecule has 7 heteroatoms. The van der Waals surface area contributed by atoms with E-state index in [4.69, 9.17) is 4.74 Å². The van der Waals surface area contributed by atoms with E-state index in [9.17, 15) is 14.4 Å². The van der Waals surface area contributed by atoms with Gasteiger partial charge < -0.3 is 19.5 Å². The quantitative estimate of drug-likeness (QED) is 0.685. The van der Waals surface area contributed by atoms with Crippen LogP contribution in [0.4, 0.5) is 0 Å². The molecular weight excluding hydrogens is 266 g/mol. The van der Waals surface area contributed by atoms with Crippen molar-refractivity contribution in [2.75, 3.05) is 27.4 Å². The summed E-state index contributed by atoms with van der Waals surface area (Å²) in [4.78, 5) is 35.1. The maximum atomic E-state index is 12.0. The molecule has 0 aromatic heterocycles. The van der Waals surface area contributed by atoms with Crippen LogP contribution in [0.2, 0.25) is 0 Å². The predicted molar refractivity (Wildman–Crippen MR) is 68.7 cm³/mol. The first-order valence-corrected chi connectivity index (χ1v) is 6.53. The van der Waals surface area contributed by atoms with Crippen LogP contribution < -0.4 is 5.32 Å². The Morgan fingerprint density at radius 1 is 1.25 bits per heavy atom. The Bertz CT molecular complexity index is 364. The second-order valence-corrected chi connectivity index (χ2v) is 4.80. The van der Waals surface area contributed by atoms with Crippen LogP contribution in [0.25, 0.3) is 0 Å². The number of methoxy groups -OCH3 is 2. The largest absolute Gasteiger partial charge is 0.469 e. The van der Waals surface area contributed by atoms with Crippen LogP contribution in [0.15, 0.2) is 0 Å². The van der Waals surface area contributed by atoms with Crippen molar-refractivity contribution in [2.24, 2.45) is 11.8 Å². The first-order valence-electron chi connectivity index (χ1n) is 6.53. The van der Waals surface area contributed by atoms with E-state index in [1.807, 2.05) is 0 Å². The zero-order valence-electron chi connectivity index (χ0n) is 12.0. The molecule has 0 radical (unpaired) electrons. The Morgan fingerprint density at radius 3 is 2.40 bits per heavy atom. The van der Waals surface area contributed by atoms with Gasteiger partial charge in [-0.2, -0.15) is 0 Å². The maximum absolute atomic E-state index is 12.0. The highest BCUT2D eigenvalue weighted by Crippen LogP contribution is 2.14. The summed E-state index contributed by atoms with van der Waals surface area (Å²) in [7, 11) is 2.52. The summed E-state index contributed by atoms with van der Waals surface area (Å²) in [6.07, 6.45) is 0.769. The van der Waals surface area contributed by atoms with Gasteiger partial charge in [0.15, 0.2) is 0 Å². The standard InChI is InChI=1S/C13H21NO6/c1-8(12(16)18-2)6-10(13(17)19-3)14-11(15)9-4-5-20-7-9/h8-10H,4-7H2,1-3H3,(H,14,15)/t8-,9-,10+/m1/s1. The number of amides is 1. The van der Waals surface area contributed by atoms with E-state index in [0.29, 0.717) is 19.6 Å². The minimum Gasteiger partial charge on any atom is -0.469 e. The summed E-state index contributed by atoms with van der Waals surface area (Å²) >= 11 is 0. The van der Waals surface area contributed by atoms with E-state index in [-0.39, 0.29) is 18.2 Å². The number of carbonyl (C=O) groups is 3. The fourth-order valence-electron chi connectivity index (χ4n) is 2.04. The number of nitrogens with one attached hydrogen (secondary N) is 1. The van der Waals surface area contributed by atoms with E-state index < -0.39 is 23.9 Å². The van der Waals surface area contributed by atoms with Gasteiger partial charge in [-0.05, 0) is 12.8 Å². The number of esters is 2. The Balaban J connectivity index is 2.61. The van der Waals surface area contributed by atoms with E-state index in [1.165, 1.54) is 14.2 Å². The lowest BCUT2D eigenvalue weighted by Crippen LogP contribution is -2.45. The van der Waals surface area contributed by atoms with Crippen LogP contribution in [0, 0.1) is 11.8 Å². The molecule has 0 aromatic rings. The topological polar surface area (TPSA) is 90.9 Å². The third-order valence-electron chi connectivity index (χ3n) is 3.30. The normalized spacial score (nSPS) is 20.9. The van der Waals surface area contributed by atoms with Crippen LogP contribution in [0.1, 0.15) is 19.8 Å². The van der Waals surface area contributed by atoms with Gasteiger partial charge in [0, 0.05) is 6.61 Å². The molecule has 0 bridgehead atoms. The van der Waals surface area contributed by atoms with Crippen LogP contribution in [0.3, 0.4) is 0 Å². The molecule has 1 aliphatic heterocycles. The summed E-state index contributed by atoms with van der Waals surface area (Å²) in [6.45, 7) is 2.53. The highest BCUT2D eigenvalue weighted by molar-refractivity contribution is 5.86. The van der Waals surface area contributed by atoms with Gasteiger partial charge in [0.2, 0.25) is 5.91 Å². The van der Waals surface area contributed by atoms with E-state index >= 15 is 0 Å².